The molecule has 0 spiro atoms. The highest BCUT2D eigenvalue weighted by Gasteiger charge is 2.12. The van der Waals surface area contributed by atoms with Gasteiger partial charge >= 0.3 is 6.61 Å². The number of nitrogens with zero attached hydrogens (tertiary/aromatic N) is 1. The summed E-state index contributed by atoms with van der Waals surface area (Å²) in [7, 11) is 0. The van der Waals surface area contributed by atoms with Gasteiger partial charge in [-0.25, -0.2) is 0 Å². The molecule has 2 rings (SSSR count). The van der Waals surface area contributed by atoms with Crippen LogP contribution in [0.2, 0.25) is 5.02 Å². The Morgan fingerprint density at radius 1 is 1.24 bits per heavy atom. The zero-order chi connectivity index (χ0) is 18.2. The van der Waals surface area contributed by atoms with Gasteiger partial charge in [0, 0.05) is 17.1 Å². The minimum absolute atomic E-state index is 0.115. The number of nitrogens with one attached hydrogen (secondary N) is 1. The van der Waals surface area contributed by atoms with Crippen LogP contribution in [0.5, 0.6) is 5.75 Å². The monoisotopic (exact) mass is 362 g/mol. The van der Waals surface area contributed by atoms with Crippen LogP contribution < -0.4 is 10.1 Å². The first-order valence-electron chi connectivity index (χ1n) is 7.18. The second-order valence-corrected chi connectivity index (χ2v) is 5.33. The van der Waals surface area contributed by atoms with Gasteiger partial charge in [-0.2, -0.15) is 14.0 Å². The first-order chi connectivity index (χ1) is 12.0. The highest BCUT2D eigenvalue weighted by Crippen LogP contribution is 2.22. The Hall–Kier alpha value is -2.91. The number of halogens is 3. The molecule has 1 N–H and O–H groups in total. The summed E-state index contributed by atoms with van der Waals surface area (Å²) in [6, 6.07) is 14.5. The van der Waals surface area contributed by atoms with Gasteiger partial charge in [-0.15, -0.1) is 0 Å². The molecule has 0 aliphatic heterocycles. The Balaban J connectivity index is 2.13. The molecule has 128 valence electrons. The van der Waals surface area contributed by atoms with Crippen LogP contribution in [-0.2, 0) is 11.3 Å². The summed E-state index contributed by atoms with van der Waals surface area (Å²) >= 11 is 5.78. The maximum absolute atomic E-state index is 12.4. The number of rotatable bonds is 6. The van der Waals surface area contributed by atoms with Gasteiger partial charge in [-0.3, -0.25) is 4.79 Å². The van der Waals surface area contributed by atoms with Crippen LogP contribution in [0.3, 0.4) is 0 Å². The fourth-order valence-corrected chi connectivity index (χ4v) is 2.11. The summed E-state index contributed by atoms with van der Waals surface area (Å²) in [5, 5.41) is 12.3. The predicted octanol–water partition coefficient (Wildman–Crippen LogP) is 4.16. The van der Waals surface area contributed by atoms with E-state index in [0.717, 1.165) is 5.56 Å². The van der Waals surface area contributed by atoms with Crippen molar-refractivity contribution in [3.05, 3.63) is 70.3 Å². The average Bonchev–Trinajstić information content (AvgIpc) is 2.59. The van der Waals surface area contributed by atoms with E-state index in [2.05, 4.69) is 10.1 Å². The number of carbonyl (C=O) groups excluding carboxylic acids is 1. The number of nitriles is 1. The number of carbonyl (C=O) groups is 1. The summed E-state index contributed by atoms with van der Waals surface area (Å²) < 4.78 is 29.2. The Labute approximate surface area is 148 Å². The second kappa shape index (κ2) is 8.81. The third-order valence-corrected chi connectivity index (χ3v) is 3.42. The highest BCUT2D eigenvalue weighted by atomic mass is 35.5. The van der Waals surface area contributed by atoms with E-state index in [9.17, 15) is 18.8 Å². The fourth-order valence-electron chi connectivity index (χ4n) is 1.99. The van der Waals surface area contributed by atoms with Gasteiger partial charge in [0.2, 0.25) is 0 Å². The van der Waals surface area contributed by atoms with Gasteiger partial charge in [0.1, 0.15) is 17.4 Å². The topological polar surface area (TPSA) is 62.1 Å². The molecule has 2 aromatic rings. The third kappa shape index (κ3) is 5.59. The lowest BCUT2D eigenvalue weighted by molar-refractivity contribution is -0.117. The molecule has 0 saturated heterocycles. The van der Waals surface area contributed by atoms with Crippen LogP contribution in [0, 0.1) is 11.3 Å². The molecule has 0 aliphatic rings. The molecule has 0 unspecified atom stereocenters. The van der Waals surface area contributed by atoms with Crippen LogP contribution >= 0.6 is 11.6 Å². The SMILES string of the molecule is N#CC(=Cc1ccccc1OC(F)F)C(=O)NCc1ccc(Cl)cc1. The van der Waals surface area contributed by atoms with E-state index in [-0.39, 0.29) is 23.4 Å². The largest absolute Gasteiger partial charge is 0.434 e. The molecule has 25 heavy (non-hydrogen) atoms. The lowest BCUT2D eigenvalue weighted by atomic mass is 10.1. The van der Waals surface area contributed by atoms with E-state index in [4.69, 9.17) is 11.6 Å². The summed E-state index contributed by atoms with van der Waals surface area (Å²) in [6.45, 7) is -2.80. The quantitative estimate of drug-likeness (QED) is 0.620. The number of amides is 1. The van der Waals surface area contributed by atoms with Crippen LogP contribution in [0.1, 0.15) is 11.1 Å². The van der Waals surface area contributed by atoms with Crippen molar-refractivity contribution in [2.75, 3.05) is 0 Å². The van der Waals surface area contributed by atoms with Crippen molar-refractivity contribution in [3.63, 3.8) is 0 Å². The molecule has 0 aromatic heterocycles. The van der Waals surface area contributed by atoms with Crippen LogP contribution in [0.4, 0.5) is 8.78 Å². The minimum atomic E-state index is -3.00. The van der Waals surface area contributed by atoms with Crippen molar-refractivity contribution in [1.82, 2.24) is 5.32 Å². The van der Waals surface area contributed by atoms with Crippen LogP contribution in [0.15, 0.2) is 54.1 Å². The van der Waals surface area contributed by atoms with Gasteiger partial charge in [-0.1, -0.05) is 41.9 Å². The van der Waals surface area contributed by atoms with Crippen molar-refractivity contribution < 1.29 is 18.3 Å². The van der Waals surface area contributed by atoms with Crippen molar-refractivity contribution in [1.29, 1.82) is 5.26 Å². The third-order valence-electron chi connectivity index (χ3n) is 3.17. The maximum atomic E-state index is 12.4. The number of ether oxygens (including phenoxy) is 1. The summed E-state index contributed by atoms with van der Waals surface area (Å²) in [6.07, 6.45) is 1.20. The molecular weight excluding hydrogens is 350 g/mol. The molecule has 0 saturated carbocycles. The van der Waals surface area contributed by atoms with E-state index >= 15 is 0 Å². The number of para-hydroxylation sites is 1. The summed E-state index contributed by atoms with van der Waals surface area (Å²) in [4.78, 5) is 12.1. The lowest BCUT2D eigenvalue weighted by Crippen LogP contribution is -2.23. The zero-order valence-corrected chi connectivity index (χ0v) is 13.6. The molecule has 0 fully saturated rings. The average molecular weight is 363 g/mol. The van der Waals surface area contributed by atoms with Gasteiger partial charge in [0.25, 0.3) is 5.91 Å². The summed E-state index contributed by atoms with van der Waals surface area (Å²) in [5.74, 6) is -0.736. The highest BCUT2D eigenvalue weighted by molar-refractivity contribution is 6.30. The molecule has 7 heteroatoms. The first-order valence-corrected chi connectivity index (χ1v) is 7.55. The molecule has 4 nitrogen and oxygen atoms in total. The number of hydrogen-bond acceptors (Lipinski definition) is 3. The van der Waals surface area contributed by atoms with E-state index < -0.39 is 12.5 Å². The van der Waals surface area contributed by atoms with E-state index in [1.54, 1.807) is 36.4 Å². The molecule has 0 aliphatic carbocycles. The zero-order valence-electron chi connectivity index (χ0n) is 12.9. The van der Waals surface area contributed by atoms with Crippen LogP contribution in [0.25, 0.3) is 6.08 Å². The van der Waals surface area contributed by atoms with Crippen molar-refractivity contribution >= 4 is 23.6 Å². The second-order valence-electron chi connectivity index (χ2n) is 4.90. The van der Waals surface area contributed by atoms with E-state index in [1.807, 2.05) is 0 Å². The minimum Gasteiger partial charge on any atom is -0.434 e. The van der Waals surface area contributed by atoms with Crippen molar-refractivity contribution in [2.45, 2.75) is 13.2 Å². The molecule has 0 bridgehead atoms. The molecule has 0 radical (unpaired) electrons. The number of hydrogen-bond donors (Lipinski definition) is 1. The van der Waals surface area contributed by atoms with Gasteiger partial charge in [0.15, 0.2) is 0 Å². The fraction of sp³-hybridized carbons (Fsp3) is 0.111. The van der Waals surface area contributed by atoms with Gasteiger partial charge in [0.05, 0.1) is 0 Å². The Kier molecular flexibility index (Phi) is 6.49. The Morgan fingerprint density at radius 2 is 1.92 bits per heavy atom. The first kappa shape index (κ1) is 18.4. The summed E-state index contributed by atoms with van der Waals surface area (Å²) in [5.41, 5.74) is 0.789. The van der Waals surface area contributed by atoms with E-state index in [0.29, 0.717) is 5.02 Å². The molecular formula is C18H13ClF2N2O2. The normalized spacial score (nSPS) is 11.1. The van der Waals surface area contributed by atoms with Crippen molar-refractivity contribution in [2.24, 2.45) is 0 Å². The standard InChI is InChI=1S/C18H13ClF2N2O2/c19-15-7-5-12(6-8-15)11-23-17(24)14(10-22)9-13-3-1-2-4-16(13)25-18(20)21/h1-9,18H,11H2,(H,23,24). The predicted molar refractivity (Wildman–Crippen MR) is 90.0 cm³/mol. The molecule has 0 heterocycles. The Bertz CT molecular complexity index is 815. The lowest BCUT2D eigenvalue weighted by Gasteiger charge is -2.08. The Morgan fingerprint density at radius 3 is 2.56 bits per heavy atom. The van der Waals surface area contributed by atoms with Crippen molar-refractivity contribution in [3.8, 4) is 11.8 Å². The van der Waals surface area contributed by atoms with E-state index in [1.165, 1.54) is 24.3 Å². The van der Waals surface area contributed by atoms with Gasteiger partial charge < -0.3 is 10.1 Å². The number of benzene rings is 2. The number of alkyl halides is 2. The molecule has 2 aromatic carbocycles. The maximum Gasteiger partial charge on any atom is 0.387 e. The van der Waals surface area contributed by atoms with Crippen LogP contribution in [-0.4, -0.2) is 12.5 Å². The smallest absolute Gasteiger partial charge is 0.387 e. The molecule has 0 atom stereocenters. The van der Waals surface area contributed by atoms with Gasteiger partial charge in [-0.05, 0) is 29.8 Å². The molecule has 1 amide bonds.